The summed E-state index contributed by atoms with van der Waals surface area (Å²) >= 11 is 0. The monoisotopic (exact) mass is 357 g/mol. The van der Waals surface area contributed by atoms with E-state index in [1.807, 2.05) is 31.2 Å². The van der Waals surface area contributed by atoms with Gasteiger partial charge in [0, 0.05) is 19.6 Å². The Morgan fingerprint density at radius 1 is 1.19 bits per heavy atom. The lowest BCUT2D eigenvalue weighted by Gasteiger charge is -2.20. The van der Waals surface area contributed by atoms with Gasteiger partial charge in [0.2, 0.25) is 0 Å². The fourth-order valence-corrected chi connectivity index (χ4v) is 2.83. The van der Waals surface area contributed by atoms with Crippen molar-refractivity contribution < 1.29 is 14.2 Å². The number of likely N-dealkylation sites (tertiary alicyclic amines) is 1. The minimum atomic E-state index is -0.285. The number of guanidine groups is 1. The molecule has 138 valence electrons. The largest absolute Gasteiger partial charge is 0.457 e. The minimum absolute atomic E-state index is 0.276. The second-order valence-corrected chi connectivity index (χ2v) is 6.26. The Kier molecular flexibility index (Phi) is 6.07. The van der Waals surface area contributed by atoms with Crippen molar-refractivity contribution in [1.82, 2.24) is 10.2 Å². The van der Waals surface area contributed by atoms with Crippen molar-refractivity contribution in [3.8, 4) is 11.5 Å². The Morgan fingerprint density at radius 2 is 1.85 bits per heavy atom. The molecule has 2 aromatic carbocycles. The molecule has 2 aromatic rings. The molecule has 1 saturated heterocycles. The quantitative estimate of drug-likeness (QED) is 0.638. The van der Waals surface area contributed by atoms with Crippen molar-refractivity contribution >= 4 is 5.96 Å². The van der Waals surface area contributed by atoms with E-state index in [1.54, 1.807) is 12.1 Å². The molecule has 5 nitrogen and oxygen atoms in total. The number of aliphatic imine (C=N–C) groups is 1. The Morgan fingerprint density at radius 3 is 2.42 bits per heavy atom. The molecule has 6 heteroatoms. The Hall–Kier alpha value is -2.60. The van der Waals surface area contributed by atoms with Crippen LogP contribution < -0.4 is 10.1 Å². The summed E-state index contributed by atoms with van der Waals surface area (Å²) in [7, 11) is 0. The SMILES string of the molecule is CCNC(=NCc1ccc(Oc2ccc(F)cc2)cc1)N1CC[C@@H](O)C1. The van der Waals surface area contributed by atoms with Gasteiger partial charge in [0.1, 0.15) is 17.3 Å². The fourth-order valence-electron chi connectivity index (χ4n) is 2.83. The van der Waals surface area contributed by atoms with Crippen molar-refractivity contribution in [3.05, 3.63) is 59.9 Å². The van der Waals surface area contributed by atoms with Crippen LogP contribution in [0.1, 0.15) is 18.9 Å². The number of hydrogen-bond acceptors (Lipinski definition) is 3. The molecule has 2 N–H and O–H groups in total. The molecule has 3 rings (SSSR count). The third-order valence-corrected chi connectivity index (χ3v) is 4.18. The lowest BCUT2D eigenvalue weighted by atomic mass is 10.2. The lowest BCUT2D eigenvalue weighted by molar-refractivity contribution is 0.188. The molecular formula is C20H24FN3O2. The lowest BCUT2D eigenvalue weighted by Crippen LogP contribution is -2.40. The highest BCUT2D eigenvalue weighted by molar-refractivity contribution is 5.80. The normalized spacial score (nSPS) is 17.4. The molecule has 1 aliphatic heterocycles. The van der Waals surface area contributed by atoms with Gasteiger partial charge in [0.05, 0.1) is 12.6 Å². The summed E-state index contributed by atoms with van der Waals surface area (Å²) in [5.74, 6) is 1.83. The van der Waals surface area contributed by atoms with Crippen molar-refractivity contribution in [2.75, 3.05) is 19.6 Å². The maximum atomic E-state index is 12.9. The number of nitrogens with one attached hydrogen (secondary N) is 1. The van der Waals surface area contributed by atoms with Gasteiger partial charge < -0.3 is 20.1 Å². The highest BCUT2D eigenvalue weighted by atomic mass is 19.1. The molecule has 0 radical (unpaired) electrons. The first-order valence-electron chi connectivity index (χ1n) is 8.87. The van der Waals surface area contributed by atoms with Crippen LogP contribution in [0.15, 0.2) is 53.5 Å². The molecule has 0 aromatic heterocycles. The van der Waals surface area contributed by atoms with Gasteiger partial charge in [-0.05, 0) is 55.3 Å². The molecule has 1 atom stereocenters. The summed E-state index contributed by atoms with van der Waals surface area (Å²) in [4.78, 5) is 6.74. The van der Waals surface area contributed by atoms with Gasteiger partial charge in [0.15, 0.2) is 5.96 Å². The van der Waals surface area contributed by atoms with Gasteiger partial charge in [-0.25, -0.2) is 9.38 Å². The van der Waals surface area contributed by atoms with Gasteiger partial charge in [0.25, 0.3) is 0 Å². The van der Waals surface area contributed by atoms with Crippen LogP contribution in [0.2, 0.25) is 0 Å². The first-order chi connectivity index (χ1) is 12.6. The Bertz CT molecular complexity index is 732. The second-order valence-electron chi connectivity index (χ2n) is 6.26. The van der Waals surface area contributed by atoms with E-state index in [0.717, 1.165) is 31.0 Å². The second kappa shape index (κ2) is 8.67. The molecule has 0 aliphatic carbocycles. The number of ether oxygens (including phenoxy) is 1. The number of benzene rings is 2. The standard InChI is InChI=1S/C20H24FN3O2/c1-2-22-20(24-12-11-17(25)14-24)23-13-15-3-7-18(8-4-15)26-19-9-5-16(21)6-10-19/h3-10,17,25H,2,11-14H2,1H3,(H,22,23)/t17-/m1/s1. The van der Waals surface area contributed by atoms with Crippen LogP contribution in [-0.2, 0) is 6.54 Å². The fraction of sp³-hybridized carbons (Fsp3) is 0.350. The third kappa shape index (κ3) is 4.95. The van der Waals surface area contributed by atoms with Crippen molar-refractivity contribution in [1.29, 1.82) is 0 Å². The molecule has 0 bridgehead atoms. The first kappa shape index (κ1) is 18.2. The summed E-state index contributed by atoms with van der Waals surface area (Å²) in [6, 6.07) is 13.6. The van der Waals surface area contributed by atoms with E-state index in [1.165, 1.54) is 12.1 Å². The smallest absolute Gasteiger partial charge is 0.194 e. The summed E-state index contributed by atoms with van der Waals surface area (Å²) in [5, 5.41) is 13.0. The van der Waals surface area contributed by atoms with E-state index in [-0.39, 0.29) is 11.9 Å². The van der Waals surface area contributed by atoms with Crippen molar-refractivity contribution in [2.24, 2.45) is 4.99 Å². The summed E-state index contributed by atoms with van der Waals surface area (Å²) in [5.41, 5.74) is 1.06. The first-order valence-corrected chi connectivity index (χ1v) is 8.87. The van der Waals surface area contributed by atoms with E-state index in [0.29, 0.717) is 24.6 Å². The molecule has 0 unspecified atom stereocenters. The molecule has 26 heavy (non-hydrogen) atoms. The van der Waals surface area contributed by atoms with Crippen LogP contribution in [0.4, 0.5) is 4.39 Å². The number of rotatable bonds is 5. The summed E-state index contributed by atoms with van der Waals surface area (Å²) in [6.07, 6.45) is 0.501. The predicted molar refractivity (Wildman–Crippen MR) is 99.9 cm³/mol. The third-order valence-electron chi connectivity index (χ3n) is 4.18. The number of aliphatic hydroxyl groups is 1. The van der Waals surface area contributed by atoms with Crippen LogP contribution >= 0.6 is 0 Å². The van der Waals surface area contributed by atoms with Gasteiger partial charge in [-0.15, -0.1) is 0 Å². The van der Waals surface area contributed by atoms with E-state index >= 15 is 0 Å². The topological polar surface area (TPSA) is 57.1 Å². The van der Waals surface area contributed by atoms with Crippen LogP contribution in [-0.4, -0.2) is 41.7 Å². The summed E-state index contributed by atoms with van der Waals surface area (Å²) in [6.45, 7) is 4.80. The molecule has 0 spiro atoms. The maximum Gasteiger partial charge on any atom is 0.194 e. The number of β-amino-alcohol motifs (C(OH)–C–C–N with tert-alkyl or cyclic N) is 1. The highest BCUT2D eigenvalue weighted by Gasteiger charge is 2.22. The van der Waals surface area contributed by atoms with Gasteiger partial charge in [-0.3, -0.25) is 0 Å². The predicted octanol–water partition coefficient (Wildman–Crippen LogP) is 3.15. The van der Waals surface area contributed by atoms with E-state index in [4.69, 9.17) is 4.74 Å². The zero-order chi connectivity index (χ0) is 18.4. The number of hydrogen-bond donors (Lipinski definition) is 2. The zero-order valence-corrected chi connectivity index (χ0v) is 14.9. The molecule has 1 fully saturated rings. The molecular weight excluding hydrogens is 333 g/mol. The van der Waals surface area contributed by atoms with E-state index in [2.05, 4.69) is 15.2 Å². The average Bonchev–Trinajstić information content (AvgIpc) is 3.08. The van der Waals surface area contributed by atoms with Gasteiger partial charge >= 0.3 is 0 Å². The van der Waals surface area contributed by atoms with Crippen LogP contribution in [0, 0.1) is 5.82 Å². The molecule has 1 heterocycles. The minimum Gasteiger partial charge on any atom is -0.457 e. The molecule has 0 saturated carbocycles. The van der Waals surface area contributed by atoms with E-state index < -0.39 is 0 Å². The van der Waals surface area contributed by atoms with Crippen molar-refractivity contribution in [2.45, 2.75) is 26.0 Å². The van der Waals surface area contributed by atoms with Crippen molar-refractivity contribution in [3.63, 3.8) is 0 Å². The summed E-state index contributed by atoms with van der Waals surface area (Å²) < 4.78 is 18.6. The van der Waals surface area contributed by atoms with Crippen LogP contribution in [0.3, 0.4) is 0 Å². The molecule has 1 aliphatic rings. The molecule has 0 amide bonds. The van der Waals surface area contributed by atoms with Gasteiger partial charge in [-0.1, -0.05) is 12.1 Å². The Labute approximate surface area is 153 Å². The van der Waals surface area contributed by atoms with Crippen LogP contribution in [0.25, 0.3) is 0 Å². The average molecular weight is 357 g/mol. The highest BCUT2D eigenvalue weighted by Crippen LogP contribution is 2.22. The van der Waals surface area contributed by atoms with Crippen LogP contribution in [0.5, 0.6) is 11.5 Å². The van der Waals surface area contributed by atoms with Gasteiger partial charge in [-0.2, -0.15) is 0 Å². The zero-order valence-electron chi connectivity index (χ0n) is 14.9. The number of aliphatic hydroxyl groups excluding tert-OH is 1. The Balaban J connectivity index is 1.61. The van der Waals surface area contributed by atoms with E-state index in [9.17, 15) is 9.50 Å². The number of halogens is 1. The number of nitrogens with zero attached hydrogens (tertiary/aromatic N) is 2. The maximum absolute atomic E-state index is 12.9.